The summed E-state index contributed by atoms with van der Waals surface area (Å²) in [6.07, 6.45) is 1.79. The lowest BCUT2D eigenvalue weighted by Crippen LogP contribution is -2.42. The van der Waals surface area contributed by atoms with E-state index in [0.717, 1.165) is 12.8 Å². The average molecular weight is 273 g/mol. The third-order valence-corrected chi connectivity index (χ3v) is 2.47. The number of carbonyl (C=O) groups is 2. The second-order valence-electron chi connectivity index (χ2n) is 3.32. The molecule has 15 heavy (non-hydrogen) atoms. The zero-order valence-electron chi connectivity index (χ0n) is 7.75. The first kappa shape index (κ1) is 10.2. The lowest BCUT2D eigenvalue weighted by atomic mass is 10.4. The van der Waals surface area contributed by atoms with Crippen LogP contribution in [-0.2, 0) is 4.79 Å². The van der Waals surface area contributed by atoms with E-state index in [9.17, 15) is 9.59 Å². The van der Waals surface area contributed by atoms with Crippen LogP contribution in [0.4, 0.5) is 0 Å². The van der Waals surface area contributed by atoms with Crippen LogP contribution in [0.25, 0.3) is 0 Å². The Labute approximate surface area is 94.3 Å². The van der Waals surface area contributed by atoms with Crippen molar-refractivity contribution in [1.29, 1.82) is 0 Å². The van der Waals surface area contributed by atoms with Crippen LogP contribution in [0.15, 0.2) is 21.2 Å². The van der Waals surface area contributed by atoms with Gasteiger partial charge in [-0.15, -0.1) is 0 Å². The fourth-order valence-corrected chi connectivity index (χ4v) is 1.37. The van der Waals surface area contributed by atoms with Gasteiger partial charge in [0.25, 0.3) is 0 Å². The normalized spacial score (nSPS) is 14.7. The zero-order chi connectivity index (χ0) is 10.8. The van der Waals surface area contributed by atoms with Crippen LogP contribution in [-0.4, -0.2) is 11.8 Å². The van der Waals surface area contributed by atoms with E-state index in [1.54, 1.807) is 6.07 Å². The van der Waals surface area contributed by atoms with E-state index < -0.39 is 5.91 Å². The molecule has 0 unspecified atom stereocenters. The number of amides is 2. The Bertz CT molecular complexity index is 398. The van der Waals surface area contributed by atoms with E-state index in [1.807, 2.05) is 0 Å². The third-order valence-electron chi connectivity index (χ3n) is 2.04. The minimum atomic E-state index is -0.463. The molecule has 0 aliphatic heterocycles. The van der Waals surface area contributed by atoms with Crippen molar-refractivity contribution in [3.8, 4) is 0 Å². The Hall–Kier alpha value is -1.30. The van der Waals surface area contributed by atoms with Crippen molar-refractivity contribution in [1.82, 2.24) is 10.9 Å². The summed E-state index contributed by atoms with van der Waals surface area (Å²) in [4.78, 5) is 22.5. The van der Waals surface area contributed by atoms with E-state index in [4.69, 9.17) is 4.42 Å². The first-order chi connectivity index (χ1) is 7.16. The van der Waals surface area contributed by atoms with Crippen molar-refractivity contribution in [2.45, 2.75) is 12.8 Å². The molecular formula is C9H9BrN2O3. The molecule has 5 nitrogen and oxygen atoms in total. The van der Waals surface area contributed by atoms with Gasteiger partial charge >= 0.3 is 5.91 Å². The maximum absolute atomic E-state index is 11.4. The minimum absolute atomic E-state index is 0.0636. The molecule has 2 amide bonds. The van der Waals surface area contributed by atoms with Crippen LogP contribution >= 0.6 is 15.9 Å². The van der Waals surface area contributed by atoms with Gasteiger partial charge in [-0.25, -0.2) is 0 Å². The molecule has 0 aromatic carbocycles. The van der Waals surface area contributed by atoms with E-state index in [-0.39, 0.29) is 17.6 Å². The molecule has 6 heteroatoms. The highest BCUT2D eigenvalue weighted by Crippen LogP contribution is 2.28. The summed E-state index contributed by atoms with van der Waals surface area (Å²) < 4.78 is 5.48. The molecule has 1 aliphatic rings. The number of carbonyl (C=O) groups excluding carboxylic acids is 2. The second-order valence-corrected chi connectivity index (χ2v) is 4.10. The summed E-state index contributed by atoms with van der Waals surface area (Å²) in [7, 11) is 0. The molecule has 1 aliphatic carbocycles. The van der Waals surface area contributed by atoms with Gasteiger partial charge in [0, 0.05) is 5.92 Å². The Morgan fingerprint density at radius 2 is 2.07 bits per heavy atom. The summed E-state index contributed by atoms with van der Waals surface area (Å²) in [5.74, 6) is -0.393. The molecule has 2 rings (SSSR count). The molecule has 0 saturated heterocycles. The summed E-state index contributed by atoms with van der Waals surface area (Å²) in [5.41, 5.74) is 4.62. The minimum Gasteiger partial charge on any atom is -0.444 e. The highest BCUT2D eigenvalue weighted by atomic mass is 79.9. The van der Waals surface area contributed by atoms with E-state index in [1.165, 1.54) is 6.07 Å². The summed E-state index contributed by atoms with van der Waals surface area (Å²) >= 11 is 3.08. The number of furan rings is 1. The average Bonchev–Trinajstić information content (AvgIpc) is 2.97. The zero-order valence-corrected chi connectivity index (χ0v) is 9.33. The lowest BCUT2D eigenvalue weighted by Gasteiger charge is -2.03. The summed E-state index contributed by atoms with van der Waals surface area (Å²) in [6, 6.07) is 3.13. The first-order valence-electron chi connectivity index (χ1n) is 4.52. The highest BCUT2D eigenvalue weighted by Gasteiger charge is 2.29. The van der Waals surface area contributed by atoms with Crippen molar-refractivity contribution < 1.29 is 14.0 Å². The molecule has 2 N–H and O–H groups in total. The standard InChI is InChI=1S/C9H9BrN2O3/c10-7-4-3-6(15-7)9(14)12-11-8(13)5-1-2-5/h3-5H,1-2H2,(H,11,13)(H,12,14). The number of nitrogens with one attached hydrogen (secondary N) is 2. The van der Waals surface area contributed by atoms with Gasteiger partial charge in [0.2, 0.25) is 5.91 Å². The Morgan fingerprint density at radius 1 is 1.33 bits per heavy atom. The van der Waals surface area contributed by atoms with Gasteiger partial charge in [-0.05, 0) is 40.9 Å². The smallest absolute Gasteiger partial charge is 0.305 e. The van der Waals surface area contributed by atoms with Crippen LogP contribution in [0.1, 0.15) is 23.4 Å². The molecule has 0 atom stereocenters. The van der Waals surface area contributed by atoms with E-state index >= 15 is 0 Å². The molecule has 80 valence electrons. The van der Waals surface area contributed by atoms with Crippen LogP contribution in [0, 0.1) is 5.92 Å². The molecule has 1 heterocycles. The summed E-state index contributed by atoms with van der Waals surface area (Å²) in [6.45, 7) is 0. The van der Waals surface area contributed by atoms with Crippen LogP contribution in [0.3, 0.4) is 0 Å². The van der Waals surface area contributed by atoms with Crippen molar-refractivity contribution >= 4 is 27.7 Å². The molecule has 1 fully saturated rings. The van der Waals surface area contributed by atoms with Gasteiger partial charge in [-0.1, -0.05) is 0 Å². The highest BCUT2D eigenvalue weighted by molar-refractivity contribution is 9.10. The SMILES string of the molecule is O=C(NNC(=O)C1CC1)c1ccc(Br)o1. The van der Waals surface area contributed by atoms with Crippen molar-refractivity contribution in [2.24, 2.45) is 5.92 Å². The van der Waals surface area contributed by atoms with Crippen molar-refractivity contribution in [3.05, 3.63) is 22.6 Å². The number of rotatable bonds is 2. The fraction of sp³-hybridized carbons (Fsp3) is 0.333. The van der Waals surface area contributed by atoms with Gasteiger partial charge in [0.05, 0.1) is 0 Å². The lowest BCUT2D eigenvalue weighted by molar-refractivity contribution is -0.123. The van der Waals surface area contributed by atoms with Gasteiger partial charge in [0.15, 0.2) is 10.4 Å². The van der Waals surface area contributed by atoms with Crippen molar-refractivity contribution in [3.63, 3.8) is 0 Å². The second kappa shape index (κ2) is 4.06. The fourth-order valence-electron chi connectivity index (χ4n) is 1.06. The van der Waals surface area contributed by atoms with E-state index in [0.29, 0.717) is 4.67 Å². The maximum Gasteiger partial charge on any atom is 0.305 e. The van der Waals surface area contributed by atoms with Crippen molar-refractivity contribution in [2.75, 3.05) is 0 Å². The van der Waals surface area contributed by atoms with Crippen LogP contribution in [0.5, 0.6) is 0 Å². The quantitative estimate of drug-likeness (QED) is 0.796. The van der Waals surface area contributed by atoms with Gasteiger partial charge in [0.1, 0.15) is 0 Å². The van der Waals surface area contributed by atoms with Crippen LogP contribution in [0.2, 0.25) is 0 Å². The number of hydrazine groups is 1. The van der Waals surface area contributed by atoms with E-state index in [2.05, 4.69) is 26.8 Å². The molecule has 0 radical (unpaired) electrons. The Kier molecular flexibility index (Phi) is 2.77. The Balaban J connectivity index is 1.84. The topological polar surface area (TPSA) is 71.3 Å². The molecular weight excluding hydrogens is 264 g/mol. The van der Waals surface area contributed by atoms with Gasteiger partial charge in [-0.3, -0.25) is 20.4 Å². The molecule has 0 spiro atoms. The largest absolute Gasteiger partial charge is 0.444 e. The monoisotopic (exact) mass is 272 g/mol. The Morgan fingerprint density at radius 3 is 2.60 bits per heavy atom. The number of halogens is 1. The third kappa shape index (κ3) is 2.59. The van der Waals surface area contributed by atoms with Gasteiger partial charge in [-0.2, -0.15) is 0 Å². The predicted octanol–water partition coefficient (Wildman–Crippen LogP) is 1.21. The maximum atomic E-state index is 11.4. The molecule has 1 saturated carbocycles. The molecule has 1 aromatic rings. The first-order valence-corrected chi connectivity index (χ1v) is 5.31. The molecule has 0 bridgehead atoms. The molecule has 1 aromatic heterocycles. The van der Waals surface area contributed by atoms with Crippen LogP contribution < -0.4 is 10.9 Å². The summed E-state index contributed by atoms with van der Waals surface area (Å²) in [5, 5.41) is 0. The number of hydrogen-bond acceptors (Lipinski definition) is 3. The number of hydrogen-bond donors (Lipinski definition) is 2. The predicted molar refractivity (Wildman–Crippen MR) is 54.7 cm³/mol. The van der Waals surface area contributed by atoms with Gasteiger partial charge < -0.3 is 4.42 Å².